The van der Waals surface area contributed by atoms with Crippen LogP contribution < -0.4 is 26.8 Å². The molecule has 2 aromatic carbocycles. The minimum Gasteiger partial charge on any atom is -0.340 e. The van der Waals surface area contributed by atoms with Gasteiger partial charge in [0.1, 0.15) is 6.54 Å². The average Bonchev–Trinajstić information content (AvgIpc) is 3.37. The summed E-state index contributed by atoms with van der Waals surface area (Å²) in [5, 5.41) is 6.20. The van der Waals surface area contributed by atoms with Gasteiger partial charge in [0.2, 0.25) is 11.9 Å². The summed E-state index contributed by atoms with van der Waals surface area (Å²) < 4.78 is 4.57. The van der Waals surface area contributed by atoms with E-state index in [4.69, 9.17) is 4.98 Å². The van der Waals surface area contributed by atoms with Gasteiger partial charge in [-0.2, -0.15) is 4.98 Å². The van der Waals surface area contributed by atoms with E-state index in [1.807, 2.05) is 53.1 Å². The van der Waals surface area contributed by atoms with Gasteiger partial charge in [-0.25, -0.2) is 4.79 Å². The van der Waals surface area contributed by atoms with Crippen molar-refractivity contribution in [2.24, 2.45) is 0 Å². The first-order valence-electron chi connectivity index (χ1n) is 13.6. The lowest BCUT2D eigenvalue weighted by Gasteiger charge is -2.30. The van der Waals surface area contributed by atoms with Gasteiger partial charge in [-0.1, -0.05) is 55.5 Å². The SMILES string of the molecule is CCC(C)n1c(N2CCNCC2)nc2c1c(=O)n(CCc1ccccc1)c(=O)n2CC(=O)Nc1ccccc1. The zero-order valence-electron chi connectivity index (χ0n) is 22.5. The smallest absolute Gasteiger partial charge is 0.333 e. The first-order chi connectivity index (χ1) is 19.0. The number of anilines is 2. The molecule has 0 aliphatic carbocycles. The fourth-order valence-corrected chi connectivity index (χ4v) is 5.03. The molecule has 2 aromatic heterocycles. The zero-order chi connectivity index (χ0) is 27.4. The van der Waals surface area contributed by atoms with Crippen molar-refractivity contribution >= 4 is 28.7 Å². The fraction of sp³-hybridized carbons (Fsp3) is 0.379. The van der Waals surface area contributed by atoms with Crippen molar-refractivity contribution in [2.75, 3.05) is 36.4 Å². The molecule has 4 aromatic rings. The highest BCUT2D eigenvalue weighted by Crippen LogP contribution is 2.26. The molecule has 1 atom stereocenters. The summed E-state index contributed by atoms with van der Waals surface area (Å²) in [5.74, 6) is 0.301. The second-order valence-electron chi connectivity index (χ2n) is 9.92. The summed E-state index contributed by atoms with van der Waals surface area (Å²) in [6.45, 7) is 7.14. The van der Waals surface area contributed by atoms with Gasteiger partial charge in [0.05, 0.1) is 0 Å². The van der Waals surface area contributed by atoms with E-state index in [0.717, 1.165) is 38.2 Å². The van der Waals surface area contributed by atoms with Crippen molar-refractivity contribution in [3.8, 4) is 0 Å². The molecule has 39 heavy (non-hydrogen) atoms. The normalized spacial score (nSPS) is 14.5. The van der Waals surface area contributed by atoms with E-state index < -0.39 is 5.69 Å². The van der Waals surface area contributed by atoms with Crippen LogP contribution in [0.5, 0.6) is 0 Å². The Labute approximate surface area is 226 Å². The van der Waals surface area contributed by atoms with Crippen molar-refractivity contribution in [2.45, 2.75) is 45.8 Å². The number of hydrogen-bond donors (Lipinski definition) is 2. The number of carbonyl (C=O) groups excluding carboxylic acids is 1. The molecule has 1 aliphatic rings. The van der Waals surface area contributed by atoms with Gasteiger partial charge in [0.15, 0.2) is 11.2 Å². The van der Waals surface area contributed by atoms with Crippen molar-refractivity contribution < 1.29 is 4.79 Å². The molecule has 1 unspecified atom stereocenters. The number of nitrogens with zero attached hydrogens (tertiary/aromatic N) is 5. The highest BCUT2D eigenvalue weighted by atomic mass is 16.2. The highest BCUT2D eigenvalue weighted by Gasteiger charge is 2.27. The largest absolute Gasteiger partial charge is 0.340 e. The summed E-state index contributed by atoms with van der Waals surface area (Å²) in [5.41, 5.74) is 1.35. The van der Waals surface area contributed by atoms with E-state index >= 15 is 0 Å². The average molecular weight is 530 g/mol. The lowest BCUT2D eigenvalue weighted by atomic mass is 10.1. The van der Waals surface area contributed by atoms with E-state index in [9.17, 15) is 14.4 Å². The van der Waals surface area contributed by atoms with Gasteiger partial charge in [0.25, 0.3) is 5.56 Å². The van der Waals surface area contributed by atoms with Crippen LogP contribution in [0.2, 0.25) is 0 Å². The number of imidazole rings is 1. The maximum Gasteiger partial charge on any atom is 0.333 e. The molecule has 5 rings (SSSR count). The number of hydrogen-bond acceptors (Lipinski definition) is 6. The zero-order valence-corrected chi connectivity index (χ0v) is 22.5. The molecule has 0 bridgehead atoms. The molecule has 2 N–H and O–H groups in total. The van der Waals surface area contributed by atoms with Crippen molar-refractivity contribution in [1.29, 1.82) is 0 Å². The van der Waals surface area contributed by atoms with Crippen LogP contribution in [0, 0.1) is 0 Å². The second-order valence-corrected chi connectivity index (χ2v) is 9.92. The van der Waals surface area contributed by atoms with Crippen LogP contribution in [0.3, 0.4) is 0 Å². The van der Waals surface area contributed by atoms with Crippen molar-refractivity contribution in [3.05, 3.63) is 87.1 Å². The number of fused-ring (bicyclic) bond motifs is 1. The summed E-state index contributed by atoms with van der Waals surface area (Å²) in [4.78, 5) is 48.0. The topological polar surface area (TPSA) is 106 Å². The molecular formula is C29H35N7O3. The molecule has 1 saturated heterocycles. The number of aromatic nitrogens is 4. The van der Waals surface area contributed by atoms with Crippen molar-refractivity contribution in [1.82, 2.24) is 24.0 Å². The van der Waals surface area contributed by atoms with Crippen LogP contribution in [0.15, 0.2) is 70.3 Å². The lowest BCUT2D eigenvalue weighted by molar-refractivity contribution is -0.116. The fourth-order valence-electron chi connectivity index (χ4n) is 5.03. The Balaban J connectivity index is 1.65. The second kappa shape index (κ2) is 11.7. The molecular weight excluding hydrogens is 494 g/mol. The molecule has 1 fully saturated rings. The van der Waals surface area contributed by atoms with Gasteiger partial charge in [-0.15, -0.1) is 0 Å². The van der Waals surface area contributed by atoms with Crippen molar-refractivity contribution in [3.63, 3.8) is 0 Å². The first kappa shape index (κ1) is 26.4. The molecule has 3 heterocycles. The molecule has 10 heteroatoms. The molecule has 204 valence electrons. The van der Waals surface area contributed by atoms with E-state index in [2.05, 4.69) is 29.4 Å². The summed E-state index contributed by atoms with van der Waals surface area (Å²) in [6, 6.07) is 18.8. The monoisotopic (exact) mass is 529 g/mol. The Hall–Kier alpha value is -4.18. The van der Waals surface area contributed by atoms with E-state index in [-0.39, 0.29) is 36.2 Å². The van der Waals surface area contributed by atoms with E-state index in [1.165, 1.54) is 9.13 Å². The Morgan fingerprint density at radius 2 is 1.67 bits per heavy atom. The van der Waals surface area contributed by atoms with E-state index in [0.29, 0.717) is 23.6 Å². The summed E-state index contributed by atoms with van der Waals surface area (Å²) in [6.07, 6.45) is 1.29. The Kier molecular flexibility index (Phi) is 7.92. The number of benzene rings is 2. The Morgan fingerprint density at radius 1 is 1.00 bits per heavy atom. The number of para-hydroxylation sites is 1. The minimum absolute atomic E-state index is 0.0285. The highest BCUT2D eigenvalue weighted by molar-refractivity contribution is 5.91. The van der Waals surface area contributed by atoms with Gasteiger partial charge in [-0.3, -0.25) is 18.7 Å². The van der Waals surface area contributed by atoms with Crippen LogP contribution >= 0.6 is 0 Å². The molecule has 10 nitrogen and oxygen atoms in total. The van der Waals surface area contributed by atoms with Crippen LogP contribution in [0.1, 0.15) is 31.9 Å². The quantitative estimate of drug-likeness (QED) is 0.345. The number of rotatable bonds is 9. The van der Waals surface area contributed by atoms with E-state index in [1.54, 1.807) is 12.1 Å². The summed E-state index contributed by atoms with van der Waals surface area (Å²) in [7, 11) is 0. The standard InChI is InChI=1S/C29H35N7O3/c1-3-21(2)36-25-26(32-28(36)33-18-15-30-16-19-33)35(20-24(37)31-23-12-8-5-9-13-23)29(39)34(27(25)38)17-14-22-10-6-4-7-11-22/h4-13,21,30H,3,14-20H2,1-2H3,(H,31,37). The number of nitrogens with one attached hydrogen (secondary N) is 2. The van der Waals surface area contributed by atoms with Crippen LogP contribution in [0.25, 0.3) is 11.2 Å². The van der Waals surface area contributed by atoms with Gasteiger partial charge >= 0.3 is 5.69 Å². The number of carbonyl (C=O) groups is 1. The van der Waals surface area contributed by atoms with Gasteiger partial charge < -0.3 is 20.1 Å². The molecule has 1 amide bonds. The maximum atomic E-state index is 14.0. The van der Waals surface area contributed by atoms with Gasteiger partial charge in [0, 0.05) is 44.5 Å². The molecule has 1 aliphatic heterocycles. The van der Waals surface area contributed by atoms with Crippen LogP contribution in [-0.2, 0) is 24.3 Å². The Morgan fingerprint density at radius 3 is 2.33 bits per heavy atom. The third-order valence-corrected chi connectivity index (χ3v) is 7.30. The van der Waals surface area contributed by atoms with Crippen LogP contribution in [0.4, 0.5) is 11.6 Å². The molecule has 0 radical (unpaired) electrons. The maximum absolute atomic E-state index is 14.0. The first-order valence-corrected chi connectivity index (χ1v) is 13.6. The predicted octanol–water partition coefficient (Wildman–Crippen LogP) is 2.62. The Bertz CT molecular complexity index is 1550. The van der Waals surface area contributed by atoms with Gasteiger partial charge in [-0.05, 0) is 37.5 Å². The number of aryl methyl sites for hydroxylation is 1. The predicted molar refractivity (Wildman–Crippen MR) is 154 cm³/mol. The number of piperazine rings is 1. The minimum atomic E-state index is -0.535. The van der Waals surface area contributed by atoms with Crippen LogP contribution in [-0.4, -0.2) is 50.8 Å². The molecule has 0 saturated carbocycles. The lowest BCUT2D eigenvalue weighted by Crippen LogP contribution is -2.45. The third-order valence-electron chi connectivity index (χ3n) is 7.30. The third kappa shape index (κ3) is 5.51. The molecule has 0 spiro atoms. The summed E-state index contributed by atoms with van der Waals surface area (Å²) >= 11 is 0. The number of amides is 1.